The van der Waals surface area contributed by atoms with Crippen molar-refractivity contribution in [1.82, 2.24) is 10.2 Å². The lowest BCUT2D eigenvalue weighted by Gasteiger charge is -2.24. The average Bonchev–Trinajstić information content (AvgIpc) is 3.05. The van der Waals surface area contributed by atoms with E-state index in [0.717, 1.165) is 32.1 Å². The Kier molecular flexibility index (Phi) is 12.1. The zero-order valence-electron chi connectivity index (χ0n) is 15.9. The van der Waals surface area contributed by atoms with Crippen LogP contribution in [-0.4, -0.2) is 42.8 Å². The summed E-state index contributed by atoms with van der Waals surface area (Å²) in [6.07, 6.45) is 11.8. The Labute approximate surface area is 152 Å². The van der Waals surface area contributed by atoms with Crippen LogP contribution < -0.4 is 11.1 Å². The molecule has 1 aliphatic heterocycles. The highest BCUT2D eigenvalue weighted by atomic mass is 16.6. The highest BCUT2D eigenvalue weighted by Gasteiger charge is 2.31. The molecule has 6 nitrogen and oxygen atoms in total. The monoisotopic (exact) mass is 355 g/mol. The average molecular weight is 356 g/mol. The van der Waals surface area contributed by atoms with Gasteiger partial charge in [0.25, 0.3) is 0 Å². The van der Waals surface area contributed by atoms with E-state index in [0.29, 0.717) is 26.1 Å². The van der Waals surface area contributed by atoms with Crippen LogP contribution in [0.3, 0.4) is 0 Å². The summed E-state index contributed by atoms with van der Waals surface area (Å²) < 4.78 is 5.39. The van der Waals surface area contributed by atoms with Crippen molar-refractivity contribution >= 4 is 12.0 Å². The number of alkyl carbamates (subject to hydrolysis) is 1. The molecule has 146 valence electrons. The van der Waals surface area contributed by atoms with Gasteiger partial charge in [0.1, 0.15) is 0 Å². The molecule has 1 atom stereocenters. The fraction of sp³-hybridized carbons (Fsp3) is 0.895. The van der Waals surface area contributed by atoms with Crippen LogP contribution in [0.5, 0.6) is 0 Å². The molecule has 2 amide bonds. The predicted molar refractivity (Wildman–Crippen MR) is 100 cm³/mol. The third-order valence-corrected chi connectivity index (χ3v) is 4.66. The Bertz CT molecular complexity index is 377. The second kappa shape index (κ2) is 13.9. The summed E-state index contributed by atoms with van der Waals surface area (Å²) in [5.41, 5.74) is 5.39. The second-order valence-electron chi connectivity index (χ2n) is 6.88. The first kappa shape index (κ1) is 21.7. The number of carbonyl (C=O) groups excluding carboxylic acids is 2. The van der Waals surface area contributed by atoms with Gasteiger partial charge in [-0.1, -0.05) is 51.9 Å². The maximum atomic E-state index is 12.4. The molecule has 0 bridgehead atoms. The van der Waals surface area contributed by atoms with E-state index in [9.17, 15) is 9.59 Å². The van der Waals surface area contributed by atoms with Crippen LogP contribution in [0.2, 0.25) is 0 Å². The number of ether oxygens (including phenoxy) is 1. The van der Waals surface area contributed by atoms with Crippen LogP contribution in [0.4, 0.5) is 4.79 Å². The summed E-state index contributed by atoms with van der Waals surface area (Å²) in [6, 6.07) is 0. The van der Waals surface area contributed by atoms with E-state index in [2.05, 4.69) is 12.2 Å². The van der Waals surface area contributed by atoms with E-state index in [1.165, 1.54) is 38.5 Å². The van der Waals surface area contributed by atoms with Gasteiger partial charge in [-0.15, -0.1) is 0 Å². The van der Waals surface area contributed by atoms with Crippen LogP contribution in [0.1, 0.15) is 84.0 Å². The number of hydrogen-bond donors (Lipinski definition) is 2. The van der Waals surface area contributed by atoms with Gasteiger partial charge in [-0.05, 0) is 25.8 Å². The predicted octanol–water partition coefficient (Wildman–Crippen LogP) is 3.54. The molecule has 1 fully saturated rings. The van der Waals surface area contributed by atoms with E-state index in [-0.39, 0.29) is 5.91 Å². The molecule has 1 rings (SSSR count). The van der Waals surface area contributed by atoms with Crippen molar-refractivity contribution in [3.05, 3.63) is 0 Å². The SMILES string of the molecule is CCCCCCCCCCC(=O)N1CCC[C@H]1OC(=O)NCCCN. The summed E-state index contributed by atoms with van der Waals surface area (Å²) in [5, 5.41) is 2.67. The quantitative estimate of drug-likeness (QED) is 0.495. The molecule has 0 radical (unpaired) electrons. The number of nitrogens with one attached hydrogen (secondary N) is 1. The minimum atomic E-state index is -0.453. The van der Waals surface area contributed by atoms with Gasteiger partial charge in [0.2, 0.25) is 5.91 Å². The van der Waals surface area contributed by atoms with Gasteiger partial charge in [0.05, 0.1) is 0 Å². The van der Waals surface area contributed by atoms with Gasteiger partial charge in [-0.2, -0.15) is 0 Å². The molecule has 1 aliphatic rings. The zero-order chi connectivity index (χ0) is 18.3. The maximum absolute atomic E-state index is 12.4. The fourth-order valence-electron chi connectivity index (χ4n) is 3.16. The van der Waals surface area contributed by atoms with E-state index >= 15 is 0 Å². The Balaban J connectivity index is 2.15. The molecule has 1 heterocycles. The van der Waals surface area contributed by atoms with Gasteiger partial charge >= 0.3 is 6.09 Å². The highest BCUT2D eigenvalue weighted by Crippen LogP contribution is 2.20. The standard InChI is InChI=1S/C19H37N3O3/c1-2-3-4-5-6-7-8-9-12-17(23)22-16-10-13-18(22)25-19(24)21-15-11-14-20/h18H,2-16,20H2,1H3,(H,21,24)/t18-/m1/s1. The molecule has 6 heteroatoms. The fourth-order valence-corrected chi connectivity index (χ4v) is 3.16. The van der Waals surface area contributed by atoms with Crippen molar-refractivity contribution < 1.29 is 14.3 Å². The first-order chi connectivity index (χ1) is 12.2. The van der Waals surface area contributed by atoms with Crippen molar-refractivity contribution in [3.8, 4) is 0 Å². The number of amides is 2. The van der Waals surface area contributed by atoms with Crippen molar-refractivity contribution in [3.63, 3.8) is 0 Å². The molecule has 25 heavy (non-hydrogen) atoms. The smallest absolute Gasteiger partial charge is 0.409 e. The van der Waals surface area contributed by atoms with Crippen LogP contribution in [-0.2, 0) is 9.53 Å². The zero-order valence-corrected chi connectivity index (χ0v) is 15.9. The lowest BCUT2D eigenvalue weighted by atomic mass is 10.1. The molecular weight excluding hydrogens is 318 g/mol. The van der Waals surface area contributed by atoms with E-state index in [4.69, 9.17) is 10.5 Å². The van der Waals surface area contributed by atoms with Crippen molar-refractivity contribution in [2.24, 2.45) is 5.73 Å². The second-order valence-corrected chi connectivity index (χ2v) is 6.88. The van der Waals surface area contributed by atoms with Gasteiger partial charge in [0, 0.05) is 25.9 Å². The molecule has 0 aromatic heterocycles. The van der Waals surface area contributed by atoms with Crippen molar-refractivity contribution in [1.29, 1.82) is 0 Å². The highest BCUT2D eigenvalue weighted by molar-refractivity contribution is 5.77. The Morgan fingerprint density at radius 1 is 1.08 bits per heavy atom. The summed E-state index contributed by atoms with van der Waals surface area (Å²) in [5.74, 6) is 0.114. The van der Waals surface area contributed by atoms with Crippen molar-refractivity contribution in [2.75, 3.05) is 19.6 Å². The third-order valence-electron chi connectivity index (χ3n) is 4.66. The number of likely N-dealkylation sites (tertiary alicyclic amines) is 1. The number of rotatable bonds is 13. The van der Waals surface area contributed by atoms with Crippen molar-refractivity contribution in [2.45, 2.75) is 90.2 Å². The van der Waals surface area contributed by atoms with Gasteiger partial charge in [-0.3, -0.25) is 4.79 Å². The van der Waals surface area contributed by atoms with Crippen LogP contribution in [0.25, 0.3) is 0 Å². The molecule has 0 unspecified atom stereocenters. The molecule has 0 spiro atoms. The normalized spacial score (nSPS) is 16.9. The summed E-state index contributed by atoms with van der Waals surface area (Å²) in [7, 11) is 0. The molecule has 0 aliphatic carbocycles. The molecule has 1 saturated heterocycles. The van der Waals surface area contributed by atoms with Gasteiger partial charge in [0.15, 0.2) is 6.23 Å². The molecular formula is C19H37N3O3. The molecule has 0 aromatic rings. The number of unbranched alkanes of at least 4 members (excludes halogenated alkanes) is 7. The van der Waals surface area contributed by atoms with E-state index in [1.807, 2.05) is 0 Å². The number of nitrogens with two attached hydrogens (primary N) is 1. The summed E-state index contributed by atoms with van der Waals surface area (Å²) >= 11 is 0. The Morgan fingerprint density at radius 3 is 2.44 bits per heavy atom. The molecule has 3 N–H and O–H groups in total. The third kappa shape index (κ3) is 9.68. The summed E-state index contributed by atoms with van der Waals surface area (Å²) in [4.78, 5) is 25.8. The number of carbonyl (C=O) groups is 2. The van der Waals surface area contributed by atoms with Gasteiger partial charge in [-0.25, -0.2) is 4.79 Å². The van der Waals surface area contributed by atoms with Crippen LogP contribution >= 0.6 is 0 Å². The molecule has 0 aromatic carbocycles. The Hall–Kier alpha value is -1.30. The lowest BCUT2D eigenvalue weighted by molar-refractivity contribution is -0.138. The minimum Gasteiger partial charge on any atom is -0.425 e. The minimum absolute atomic E-state index is 0.114. The molecule has 0 saturated carbocycles. The van der Waals surface area contributed by atoms with Crippen LogP contribution in [0.15, 0.2) is 0 Å². The van der Waals surface area contributed by atoms with Crippen LogP contribution in [0, 0.1) is 0 Å². The number of hydrogen-bond acceptors (Lipinski definition) is 4. The largest absolute Gasteiger partial charge is 0.425 e. The van der Waals surface area contributed by atoms with Gasteiger partial charge < -0.3 is 20.7 Å². The summed E-state index contributed by atoms with van der Waals surface area (Å²) in [6.45, 7) is 3.96. The topological polar surface area (TPSA) is 84.7 Å². The lowest BCUT2D eigenvalue weighted by Crippen LogP contribution is -2.40. The Morgan fingerprint density at radius 2 is 1.76 bits per heavy atom. The first-order valence-electron chi connectivity index (χ1n) is 10.1. The van der Waals surface area contributed by atoms with E-state index in [1.54, 1.807) is 4.90 Å². The number of nitrogens with zero attached hydrogens (tertiary/aromatic N) is 1. The van der Waals surface area contributed by atoms with E-state index < -0.39 is 12.3 Å². The first-order valence-corrected chi connectivity index (χ1v) is 10.1. The maximum Gasteiger partial charge on any atom is 0.409 e.